The summed E-state index contributed by atoms with van der Waals surface area (Å²) in [4.78, 5) is 8.34. The number of amidine groups is 1. The number of benzene rings is 1. The van der Waals surface area contributed by atoms with Crippen LogP contribution in [0.1, 0.15) is 0 Å². The maximum absolute atomic E-state index is 5.39. The van der Waals surface area contributed by atoms with Crippen molar-refractivity contribution in [3.63, 3.8) is 0 Å². The zero-order valence-corrected chi connectivity index (χ0v) is 13.8. The van der Waals surface area contributed by atoms with Crippen molar-refractivity contribution in [2.45, 2.75) is 10.1 Å². The highest BCUT2D eigenvalue weighted by Gasteiger charge is 2.25. The van der Waals surface area contributed by atoms with Crippen LogP contribution in [0.5, 0.6) is 5.75 Å². The van der Waals surface area contributed by atoms with Crippen LogP contribution in [0.25, 0.3) is 0 Å². The van der Waals surface area contributed by atoms with E-state index in [9.17, 15) is 0 Å². The molecular formula is C15H20N2O2S2. The summed E-state index contributed by atoms with van der Waals surface area (Å²) in [7, 11) is 1.70. The third kappa shape index (κ3) is 4.08. The number of methoxy groups -OCH3 is 1. The van der Waals surface area contributed by atoms with Gasteiger partial charge in [0.2, 0.25) is 0 Å². The first-order valence-corrected chi connectivity index (χ1v) is 9.02. The van der Waals surface area contributed by atoms with Gasteiger partial charge in [-0.25, -0.2) is 0 Å². The summed E-state index contributed by atoms with van der Waals surface area (Å²) in [5.41, 5.74) is 0. The highest BCUT2D eigenvalue weighted by atomic mass is 32.2. The highest BCUT2D eigenvalue weighted by molar-refractivity contribution is 8.15. The van der Waals surface area contributed by atoms with Gasteiger partial charge in [-0.15, -0.1) is 11.8 Å². The van der Waals surface area contributed by atoms with Crippen LogP contribution in [-0.2, 0) is 4.74 Å². The zero-order chi connectivity index (χ0) is 14.5. The van der Waals surface area contributed by atoms with Gasteiger partial charge in [-0.05, 0) is 24.3 Å². The minimum Gasteiger partial charge on any atom is -0.497 e. The van der Waals surface area contributed by atoms with Gasteiger partial charge in [0.15, 0.2) is 5.17 Å². The summed E-state index contributed by atoms with van der Waals surface area (Å²) in [5, 5.41) is 1.79. The van der Waals surface area contributed by atoms with Crippen LogP contribution < -0.4 is 4.74 Å². The van der Waals surface area contributed by atoms with Crippen molar-refractivity contribution < 1.29 is 9.47 Å². The van der Waals surface area contributed by atoms with Crippen molar-refractivity contribution in [1.82, 2.24) is 4.90 Å². The van der Waals surface area contributed by atoms with Crippen LogP contribution in [-0.4, -0.2) is 61.0 Å². The van der Waals surface area contributed by atoms with Gasteiger partial charge in [-0.2, -0.15) is 0 Å². The van der Waals surface area contributed by atoms with Crippen molar-refractivity contribution in [3.8, 4) is 5.75 Å². The van der Waals surface area contributed by atoms with Gasteiger partial charge in [-0.1, -0.05) is 11.8 Å². The van der Waals surface area contributed by atoms with E-state index < -0.39 is 0 Å². The number of morpholine rings is 1. The Labute approximate surface area is 134 Å². The fourth-order valence-corrected chi connectivity index (χ4v) is 4.50. The number of hydrogen-bond acceptors (Lipinski definition) is 6. The van der Waals surface area contributed by atoms with E-state index in [0.29, 0.717) is 5.25 Å². The zero-order valence-electron chi connectivity index (χ0n) is 12.2. The Morgan fingerprint density at radius 3 is 2.81 bits per heavy atom. The summed E-state index contributed by atoms with van der Waals surface area (Å²) in [6.45, 7) is 4.53. The van der Waals surface area contributed by atoms with Crippen LogP contribution in [0, 0.1) is 0 Å². The Hall–Kier alpha value is -0.850. The molecule has 1 fully saturated rings. The van der Waals surface area contributed by atoms with E-state index in [4.69, 9.17) is 14.5 Å². The second-order valence-electron chi connectivity index (χ2n) is 4.95. The molecule has 1 saturated heterocycles. The normalized spacial score (nSPS) is 22.2. The van der Waals surface area contributed by atoms with Crippen LogP contribution in [0.3, 0.4) is 0 Å². The predicted octanol–water partition coefficient (Wildman–Crippen LogP) is 2.59. The standard InChI is InChI=1S/C15H20N2O2S2/c1-18-12-2-4-13(5-3-12)20-11-14-10-16-15(21-14)17-6-8-19-9-7-17/h2-5,14H,6-11H2,1H3/t14-/m1/s1. The molecule has 1 atom stereocenters. The first kappa shape index (κ1) is 15.1. The summed E-state index contributed by atoms with van der Waals surface area (Å²) >= 11 is 3.81. The van der Waals surface area contributed by atoms with E-state index in [1.165, 1.54) is 10.1 Å². The molecule has 0 bridgehead atoms. The molecule has 114 valence electrons. The van der Waals surface area contributed by atoms with Gasteiger partial charge in [0.05, 0.1) is 26.9 Å². The minimum atomic E-state index is 0.579. The van der Waals surface area contributed by atoms with E-state index in [-0.39, 0.29) is 0 Å². The second kappa shape index (κ2) is 7.42. The molecule has 0 aromatic heterocycles. The molecule has 4 nitrogen and oxygen atoms in total. The predicted molar refractivity (Wildman–Crippen MR) is 89.8 cm³/mol. The highest BCUT2D eigenvalue weighted by Crippen LogP contribution is 2.30. The fraction of sp³-hybridized carbons (Fsp3) is 0.533. The van der Waals surface area contributed by atoms with Crippen molar-refractivity contribution in [3.05, 3.63) is 24.3 Å². The Kier molecular flexibility index (Phi) is 5.32. The Balaban J connectivity index is 1.44. The number of rotatable bonds is 4. The van der Waals surface area contributed by atoms with Crippen LogP contribution in [0.15, 0.2) is 34.2 Å². The topological polar surface area (TPSA) is 34.1 Å². The smallest absolute Gasteiger partial charge is 0.159 e. The number of aliphatic imine (C=N–C) groups is 1. The molecule has 3 rings (SSSR count). The third-order valence-electron chi connectivity index (χ3n) is 3.48. The van der Waals surface area contributed by atoms with Gasteiger partial charge in [0.1, 0.15) is 5.75 Å². The Bertz CT molecular complexity index is 487. The lowest BCUT2D eigenvalue weighted by atomic mass is 10.3. The molecule has 0 N–H and O–H groups in total. The molecule has 0 aliphatic carbocycles. The summed E-state index contributed by atoms with van der Waals surface area (Å²) in [5.74, 6) is 2.00. The van der Waals surface area contributed by atoms with E-state index in [1.807, 2.05) is 35.7 Å². The molecule has 0 amide bonds. The molecule has 2 heterocycles. The van der Waals surface area contributed by atoms with Crippen molar-refractivity contribution in [2.75, 3.05) is 45.7 Å². The molecule has 6 heteroatoms. The monoisotopic (exact) mass is 324 g/mol. The molecule has 1 aromatic carbocycles. The van der Waals surface area contributed by atoms with Gasteiger partial charge in [0.25, 0.3) is 0 Å². The van der Waals surface area contributed by atoms with Gasteiger partial charge in [0, 0.05) is 29.0 Å². The summed E-state index contributed by atoms with van der Waals surface area (Å²) in [6.07, 6.45) is 0. The van der Waals surface area contributed by atoms with Crippen LogP contribution >= 0.6 is 23.5 Å². The first-order valence-electron chi connectivity index (χ1n) is 7.16. The third-order valence-corrected chi connectivity index (χ3v) is 6.11. The Morgan fingerprint density at radius 2 is 2.10 bits per heavy atom. The maximum Gasteiger partial charge on any atom is 0.159 e. The van der Waals surface area contributed by atoms with Gasteiger partial charge in [-0.3, -0.25) is 4.99 Å². The molecule has 0 radical (unpaired) electrons. The minimum absolute atomic E-state index is 0.579. The number of nitrogens with zero attached hydrogens (tertiary/aromatic N) is 2. The Morgan fingerprint density at radius 1 is 1.33 bits per heavy atom. The lowest BCUT2D eigenvalue weighted by molar-refractivity contribution is 0.0693. The van der Waals surface area contributed by atoms with Crippen molar-refractivity contribution in [1.29, 1.82) is 0 Å². The first-order chi connectivity index (χ1) is 10.3. The van der Waals surface area contributed by atoms with Crippen molar-refractivity contribution >= 4 is 28.7 Å². The maximum atomic E-state index is 5.39. The number of ether oxygens (including phenoxy) is 2. The van der Waals surface area contributed by atoms with E-state index >= 15 is 0 Å². The van der Waals surface area contributed by atoms with E-state index in [2.05, 4.69) is 17.0 Å². The molecule has 2 aliphatic rings. The molecule has 0 spiro atoms. The second-order valence-corrected chi connectivity index (χ2v) is 7.31. The van der Waals surface area contributed by atoms with Gasteiger partial charge < -0.3 is 14.4 Å². The van der Waals surface area contributed by atoms with E-state index in [1.54, 1.807) is 7.11 Å². The number of hydrogen-bond donors (Lipinski definition) is 0. The SMILES string of the molecule is COc1ccc(SC[C@H]2CN=C(N3CCOCC3)S2)cc1. The molecule has 0 saturated carbocycles. The summed E-state index contributed by atoms with van der Waals surface area (Å²) in [6, 6.07) is 8.26. The fourth-order valence-electron chi connectivity index (χ4n) is 2.28. The average molecular weight is 324 g/mol. The van der Waals surface area contributed by atoms with E-state index in [0.717, 1.165) is 44.4 Å². The molecule has 1 aromatic rings. The van der Waals surface area contributed by atoms with Crippen LogP contribution in [0.4, 0.5) is 0 Å². The van der Waals surface area contributed by atoms with Crippen molar-refractivity contribution in [2.24, 2.45) is 4.99 Å². The van der Waals surface area contributed by atoms with Gasteiger partial charge >= 0.3 is 0 Å². The largest absolute Gasteiger partial charge is 0.497 e. The molecular weight excluding hydrogens is 304 g/mol. The molecule has 0 unspecified atom stereocenters. The molecule has 2 aliphatic heterocycles. The average Bonchev–Trinajstić information content (AvgIpc) is 3.03. The molecule has 21 heavy (non-hydrogen) atoms. The van der Waals surface area contributed by atoms with Crippen LogP contribution in [0.2, 0.25) is 0 Å². The lowest BCUT2D eigenvalue weighted by Gasteiger charge is -2.28. The quantitative estimate of drug-likeness (QED) is 0.795. The summed E-state index contributed by atoms with van der Waals surface area (Å²) < 4.78 is 10.6. The number of thioether (sulfide) groups is 2. The lowest BCUT2D eigenvalue weighted by Crippen LogP contribution is -2.39.